The zero-order chi connectivity index (χ0) is 22.8. The SMILES string of the molecule is O=C(CSc1nc2ccccc2c(=O)n1-c1ccc(F)cc1)Nc1ccc(F)c(F)c1F. The molecular formula is C22H13F4N3O2S. The number of benzene rings is 3. The highest BCUT2D eigenvalue weighted by Gasteiger charge is 2.18. The monoisotopic (exact) mass is 459 g/mol. The van der Waals surface area contributed by atoms with Gasteiger partial charge in [-0.05, 0) is 48.5 Å². The average molecular weight is 459 g/mol. The molecule has 4 rings (SSSR count). The molecule has 0 aliphatic heterocycles. The van der Waals surface area contributed by atoms with Crippen molar-refractivity contribution in [1.82, 2.24) is 9.55 Å². The van der Waals surface area contributed by atoms with E-state index in [-0.39, 0.29) is 10.9 Å². The van der Waals surface area contributed by atoms with Gasteiger partial charge >= 0.3 is 0 Å². The lowest BCUT2D eigenvalue weighted by Crippen LogP contribution is -2.23. The minimum atomic E-state index is -1.70. The number of carbonyl (C=O) groups is 1. The summed E-state index contributed by atoms with van der Waals surface area (Å²) in [6.45, 7) is 0. The molecule has 5 nitrogen and oxygen atoms in total. The highest BCUT2D eigenvalue weighted by atomic mass is 32.2. The van der Waals surface area contributed by atoms with E-state index in [0.29, 0.717) is 22.7 Å². The number of thioether (sulfide) groups is 1. The smallest absolute Gasteiger partial charge is 0.266 e. The number of hydrogen-bond donors (Lipinski definition) is 1. The number of carbonyl (C=O) groups excluding carboxylic acids is 1. The van der Waals surface area contributed by atoms with Crippen molar-refractivity contribution >= 4 is 34.3 Å². The molecule has 3 aromatic carbocycles. The zero-order valence-corrected chi connectivity index (χ0v) is 16.9. The first-order valence-corrected chi connectivity index (χ1v) is 10.2. The Morgan fingerprint density at radius 1 is 0.938 bits per heavy atom. The summed E-state index contributed by atoms with van der Waals surface area (Å²) >= 11 is 0.871. The highest BCUT2D eigenvalue weighted by Crippen LogP contribution is 2.23. The van der Waals surface area contributed by atoms with Gasteiger partial charge in [0, 0.05) is 0 Å². The number of anilines is 1. The van der Waals surface area contributed by atoms with Crippen LogP contribution in [0.4, 0.5) is 23.2 Å². The molecule has 0 spiro atoms. The van der Waals surface area contributed by atoms with Gasteiger partial charge < -0.3 is 5.32 Å². The number of para-hydroxylation sites is 1. The van der Waals surface area contributed by atoms with Crippen LogP contribution in [-0.4, -0.2) is 21.2 Å². The van der Waals surface area contributed by atoms with E-state index >= 15 is 0 Å². The van der Waals surface area contributed by atoms with Crippen LogP contribution >= 0.6 is 11.8 Å². The van der Waals surface area contributed by atoms with Gasteiger partial charge in [0.25, 0.3) is 5.56 Å². The Balaban J connectivity index is 1.66. The predicted octanol–water partition coefficient (Wildman–Crippen LogP) is 4.67. The number of rotatable bonds is 5. The van der Waals surface area contributed by atoms with E-state index in [4.69, 9.17) is 0 Å². The lowest BCUT2D eigenvalue weighted by molar-refractivity contribution is -0.113. The Hall–Kier alpha value is -3.66. The van der Waals surface area contributed by atoms with Crippen molar-refractivity contribution in [2.45, 2.75) is 5.16 Å². The number of aromatic nitrogens is 2. The minimum absolute atomic E-state index is 0.140. The molecule has 1 amide bonds. The molecule has 0 aliphatic carbocycles. The maximum absolute atomic E-state index is 13.8. The van der Waals surface area contributed by atoms with Crippen molar-refractivity contribution in [3.8, 4) is 5.69 Å². The molecule has 0 unspecified atom stereocenters. The topological polar surface area (TPSA) is 64.0 Å². The molecule has 4 aromatic rings. The Labute approximate surface area is 182 Å². The molecule has 0 saturated heterocycles. The first-order valence-electron chi connectivity index (χ1n) is 9.19. The second-order valence-electron chi connectivity index (χ2n) is 6.59. The molecule has 0 aliphatic rings. The average Bonchev–Trinajstić information content (AvgIpc) is 2.79. The van der Waals surface area contributed by atoms with Crippen LogP contribution in [0.2, 0.25) is 0 Å². The van der Waals surface area contributed by atoms with Crippen LogP contribution in [-0.2, 0) is 4.79 Å². The van der Waals surface area contributed by atoms with Crippen LogP contribution in [0.15, 0.2) is 70.6 Å². The summed E-state index contributed by atoms with van der Waals surface area (Å²) in [7, 11) is 0. The van der Waals surface area contributed by atoms with Gasteiger partial charge in [0.15, 0.2) is 22.6 Å². The number of halogens is 4. The van der Waals surface area contributed by atoms with Gasteiger partial charge in [0.2, 0.25) is 5.91 Å². The zero-order valence-electron chi connectivity index (χ0n) is 16.1. The Bertz CT molecular complexity index is 1390. The van der Waals surface area contributed by atoms with Crippen molar-refractivity contribution in [3.63, 3.8) is 0 Å². The first kappa shape index (κ1) is 21.6. The van der Waals surface area contributed by atoms with E-state index in [1.807, 2.05) is 0 Å². The van der Waals surface area contributed by atoms with E-state index < -0.39 is 40.4 Å². The molecule has 32 heavy (non-hydrogen) atoms. The molecule has 1 N–H and O–H groups in total. The fourth-order valence-electron chi connectivity index (χ4n) is 2.97. The fraction of sp³-hybridized carbons (Fsp3) is 0.0455. The number of nitrogens with zero attached hydrogens (tertiary/aromatic N) is 2. The van der Waals surface area contributed by atoms with Crippen molar-refractivity contribution in [2.75, 3.05) is 11.1 Å². The summed E-state index contributed by atoms with van der Waals surface area (Å²) in [6.07, 6.45) is 0. The second kappa shape index (κ2) is 8.83. The van der Waals surface area contributed by atoms with Gasteiger partial charge in [-0.15, -0.1) is 0 Å². The van der Waals surface area contributed by atoms with E-state index in [1.54, 1.807) is 24.3 Å². The third-order valence-corrected chi connectivity index (χ3v) is 5.41. The second-order valence-corrected chi connectivity index (χ2v) is 7.53. The third kappa shape index (κ3) is 4.22. The Kier molecular flexibility index (Phi) is 5.95. The minimum Gasteiger partial charge on any atom is -0.323 e. The predicted molar refractivity (Wildman–Crippen MR) is 113 cm³/mol. The standard InChI is InChI=1S/C22H13F4N3O2S/c23-12-5-7-13(8-6-12)29-21(31)14-3-1-2-4-16(14)28-22(29)32-11-18(30)27-17-10-9-15(24)19(25)20(17)26/h1-10H,11H2,(H,27,30). The van der Waals surface area contributed by atoms with Gasteiger partial charge in [-0.2, -0.15) is 0 Å². The van der Waals surface area contributed by atoms with Gasteiger partial charge in [-0.1, -0.05) is 23.9 Å². The molecule has 1 aromatic heterocycles. The normalized spacial score (nSPS) is 11.0. The molecule has 0 atom stereocenters. The number of amides is 1. The molecule has 0 fully saturated rings. The molecule has 1 heterocycles. The lowest BCUT2D eigenvalue weighted by Gasteiger charge is -2.13. The van der Waals surface area contributed by atoms with Crippen LogP contribution in [0.5, 0.6) is 0 Å². The maximum atomic E-state index is 13.8. The molecular weight excluding hydrogens is 446 g/mol. The van der Waals surface area contributed by atoms with Crippen molar-refractivity contribution in [1.29, 1.82) is 0 Å². The number of hydrogen-bond acceptors (Lipinski definition) is 4. The summed E-state index contributed by atoms with van der Waals surface area (Å²) in [5, 5.41) is 2.63. The Morgan fingerprint density at radius 3 is 2.41 bits per heavy atom. The van der Waals surface area contributed by atoms with Crippen LogP contribution in [0, 0.1) is 23.3 Å². The molecule has 0 radical (unpaired) electrons. The van der Waals surface area contributed by atoms with Gasteiger partial charge in [0.05, 0.1) is 28.0 Å². The maximum Gasteiger partial charge on any atom is 0.266 e. The molecule has 0 saturated carbocycles. The van der Waals surface area contributed by atoms with Crippen LogP contribution in [0.3, 0.4) is 0 Å². The van der Waals surface area contributed by atoms with Crippen LogP contribution in [0.25, 0.3) is 16.6 Å². The summed E-state index contributed by atoms with van der Waals surface area (Å²) in [5.41, 5.74) is -0.205. The van der Waals surface area contributed by atoms with E-state index in [1.165, 1.54) is 28.8 Å². The van der Waals surface area contributed by atoms with E-state index in [0.717, 1.165) is 17.8 Å². The van der Waals surface area contributed by atoms with Crippen molar-refractivity contribution in [3.05, 3.63) is 94.3 Å². The summed E-state index contributed by atoms with van der Waals surface area (Å²) < 4.78 is 54.8. The van der Waals surface area contributed by atoms with Crippen LogP contribution < -0.4 is 10.9 Å². The molecule has 162 valence electrons. The quantitative estimate of drug-likeness (QED) is 0.204. The Morgan fingerprint density at radius 2 is 1.66 bits per heavy atom. The van der Waals surface area contributed by atoms with Gasteiger partial charge in [0.1, 0.15) is 5.82 Å². The van der Waals surface area contributed by atoms with Gasteiger partial charge in [-0.3, -0.25) is 14.2 Å². The molecule has 0 bridgehead atoms. The van der Waals surface area contributed by atoms with Gasteiger partial charge in [-0.25, -0.2) is 22.5 Å². The lowest BCUT2D eigenvalue weighted by atomic mass is 10.2. The molecule has 10 heteroatoms. The number of fused-ring (bicyclic) bond motifs is 1. The first-order chi connectivity index (χ1) is 15.3. The third-order valence-electron chi connectivity index (χ3n) is 4.47. The summed E-state index contributed by atoms with van der Waals surface area (Å²) in [6, 6.07) is 13.4. The van der Waals surface area contributed by atoms with Crippen molar-refractivity contribution < 1.29 is 22.4 Å². The summed E-state index contributed by atoms with van der Waals surface area (Å²) in [4.78, 5) is 29.8. The largest absolute Gasteiger partial charge is 0.323 e. The van der Waals surface area contributed by atoms with E-state index in [9.17, 15) is 27.2 Å². The number of nitrogens with one attached hydrogen (secondary N) is 1. The van der Waals surface area contributed by atoms with E-state index in [2.05, 4.69) is 10.3 Å². The van der Waals surface area contributed by atoms with Crippen LogP contribution in [0.1, 0.15) is 0 Å². The fourth-order valence-corrected chi connectivity index (χ4v) is 3.78. The summed E-state index contributed by atoms with van der Waals surface area (Å²) in [5.74, 6) is -6.12. The van der Waals surface area contributed by atoms with Crippen molar-refractivity contribution in [2.24, 2.45) is 0 Å². The highest BCUT2D eigenvalue weighted by molar-refractivity contribution is 7.99.